The molecule has 0 amide bonds. The summed E-state index contributed by atoms with van der Waals surface area (Å²) in [4.78, 5) is 2.25. The Morgan fingerprint density at radius 2 is 2.05 bits per heavy atom. The third-order valence-corrected chi connectivity index (χ3v) is 5.79. The van der Waals surface area contributed by atoms with Gasteiger partial charge in [-0.2, -0.15) is 13.2 Å². The van der Waals surface area contributed by atoms with Crippen molar-refractivity contribution in [2.75, 3.05) is 24.5 Å². The van der Waals surface area contributed by atoms with Gasteiger partial charge in [-0.25, -0.2) is 0 Å². The highest BCUT2D eigenvalue weighted by Crippen LogP contribution is 2.42. The second-order valence-corrected chi connectivity index (χ2v) is 7.08. The zero-order chi connectivity index (χ0) is 15.3. The van der Waals surface area contributed by atoms with Crippen LogP contribution in [0.25, 0.3) is 10.1 Å². The molecule has 2 nitrogen and oxygen atoms in total. The number of hydrogen-bond acceptors (Lipinski definition) is 3. The molecule has 22 heavy (non-hydrogen) atoms. The minimum absolute atomic E-state index is 0.354. The largest absolute Gasteiger partial charge is 0.417 e. The maximum atomic E-state index is 13.1. The van der Waals surface area contributed by atoms with E-state index in [9.17, 15) is 13.2 Å². The Morgan fingerprint density at radius 1 is 1.18 bits per heavy atom. The molecule has 1 N–H and O–H groups in total. The van der Waals surface area contributed by atoms with Crippen LogP contribution in [0.4, 0.5) is 18.9 Å². The number of anilines is 1. The third-order valence-electron chi connectivity index (χ3n) is 4.84. The molecule has 2 saturated heterocycles. The zero-order valence-electron chi connectivity index (χ0n) is 12.0. The zero-order valence-corrected chi connectivity index (χ0v) is 12.8. The summed E-state index contributed by atoms with van der Waals surface area (Å²) >= 11 is 1.18. The van der Waals surface area contributed by atoms with E-state index in [0.717, 1.165) is 30.7 Å². The average Bonchev–Trinajstić information content (AvgIpc) is 3.11. The number of piperidine rings is 1. The van der Waals surface area contributed by atoms with E-state index in [1.807, 2.05) is 6.07 Å². The van der Waals surface area contributed by atoms with Gasteiger partial charge in [0.2, 0.25) is 0 Å². The number of rotatable bonds is 1. The van der Waals surface area contributed by atoms with Gasteiger partial charge in [0, 0.05) is 34.9 Å². The first-order valence-corrected chi connectivity index (χ1v) is 8.48. The van der Waals surface area contributed by atoms with Gasteiger partial charge in [0.1, 0.15) is 0 Å². The molecule has 0 saturated carbocycles. The molecule has 6 heteroatoms. The SMILES string of the molecule is FC(F)(F)c1ccc(N2CC3CCCNC3C2)c2ccsc12. The van der Waals surface area contributed by atoms with Crippen molar-refractivity contribution in [2.24, 2.45) is 5.92 Å². The first-order valence-electron chi connectivity index (χ1n) is 7.60. The summed E-state index contributed by atoms with van der Waals surface area (Å²) < 4.78 is 39.7. The van der Waals surface area contributed by atoms with E-state index in [4.69, 9.17) is 0 Å². The van der Waals surface area contributed by atoms with Gasteiger partial charge in [-0.05, 0) is 48.9 Å². The molecule has 2 aliphatic rings. The molecule has 3 heterocycles. The van der Waals surface area contributed by atoms with Gasteiger partial charge >= 0.3 is 6.18 Å². The fraction of sp³-hybridized carbons (Fsp3) is 0.500. The van der Waals surface area contributed by atoms with Crippen molar-refractivity contribution in [1.29, 1.82) is 0 Å². The van der Waals surface area contributed by atoms with E-state index in [1.165, 1.54) is 30.2 Å². The van der Waals surface area contributed by atoms with Crippen LogP contribution in [0, 0.1) is 5.92 Å². The van der Waals surface area contributed by atoms with Crippen LogP contribution in [0.3, 0.4) is 0 Å². The van der Waals surface area contributed by atoms with Crippen molar-refractivity contribution in [2.45, 2.75) is 25.1 Å². The van der Waals surface area contributed by atoms with Gasteiger partial charge < -0.3 is 10.2 Å². The Bertz CT molecular complexity index is 680. The minimum atomic E-state index is -4.29. The Balaban J connectivity index is 1.73. The molecule has 118 valence electrons. The number of benzene rings is 1. The standard InChI is InChI=1S/C16H17F3N2S/c17-16(18,19)12-3-4-14(11-5-7-22-15(11)12)21-8-10-2-1-6-20-13(10)9-21/h3-5,7,10,13,20H,1-2,6,8-9H2. The first kappa shape index (κ1) is 14.3. The van der Waals surface area contributed by atoms with E-state index in [-0.39, 0.29) is 0 Å². The number of hydrogen-bond donors (Lipinski definition) is 1. The van der Waals surface area contributed by atoms with Crippen LogP contribution < -0.4 is 10.2 Å². The molecule has 0 radical (unpaired) electrons. The summed E-state index contributed by atoms with van der Waals surface area (Å²) in [6.45, 7) is 2.88. The summed E-state index contributed by atoms with van der Waals surface area (Å²) in [6, 6.07) is 5.18. The van der Waals surface area contributed by atoms with Crippen LogP contribution in [0.5, 0.6) is 0 Å². The molecular formula is C16H17F3N2S. The third kappa shape index (κ3) is 2.29. The average molecular weight is 326 g/mol. The highest BCUT2D eigenvalue weighted by molar-refractivity contribution is 7.17. The number of alkyl halides is 3. The minimum Gasteiger partial charge on any atom is -0.369 e. The monoisotopic (exact) mass is 326 g/mol. The van der Waals surface area contributed by atoms with E-state index in [1.54, 1.807) is 11.4 Å². The Labute approximate surface area is 130 Å². The van der Waals surface area contributed by atoms with Gasteiger partial charge in [-0.3, -0.25) is 0 Å². The van der Waals surface area contributed by atoms with Gasteiger partial charge in [0.05, 0.1) is 5.56 Å². The lowest BCUT2D eigenvalue weighted by Gasteiger charge is -2.24. The summed E-state index contributed by atoms with van der Waals surface area (Å²) in [5.41, 5.74) is 0.427. The molecule has 0 spiro atoms. The predicted octanol–water partition coefficient (Wildman–Crippen LogP) is 4.11. The quantitative estimate of drug-likeness (QED) is 0.848. The lowest BCUT2D eigenvalue weighted by atomic mass is 9.94. The molecule has 2 aromatic rings. The Hall–Kier alpha value is -1.27. The molecule has 1 aromatic heterocycles. The van der Waals surface area contributed by atoms with Crippen LogP contribution in [0.2, 0.25) is 0 Å². The smallest absolute Gasteiger partial charge is 0.369 e. The molecule has 4 rings (SSSR count). The molecule has 0 aliphatic carbocycles. The number of nitrogens with one attached hydrogen (secondary N) is 1. The van der Waals surface area contributed by atoms with Crippen molar-refractivity contribution in [3.8, 4) is 0 Å². The molecule has 1 aromatic carbocycles. The number of nitrogens with zero attached hydrogens (tertiary/aromatic N) is 1. The highest BCUT2D eigenvalue weighted by atomic mass is 32.1. The fourth-order valence-corrected chi connectivity index (χ4v) is 4.74. The van der Waals surface area contributed by atoms with Crippen molar-refractivity contribution in [3.63, 3.8) is 0 Å². The van der Waals surface area contributed by atoms with E-state index >= 15 is 0 Å². The first-order chi connectivity index (χ1) is 10.5. The van der Waals surface area contributed by atoms with Crippen LogP contribution in [0.15, 0.2) is 23.6 Å². The maximum absolute atomic E-state index is 13.1. The van der Waals surface area contributed by atoms with Crippen molar-refractivity contribution in [1.82, 2.24) is 5.32 Å². The lowest BCUT2D eigenvalue weighted by Crippen LogP contribution is -2.40. The second-order valence-electron chi connectivity index (χ2n) is 6.16. The summed E-state index contributed by atoms with van der Waals surface area (Å²) in [5, 5.41) is 6.03. The van der Waals surface area contributed by atoms with E-state index < -0.39 is 11.7 Å². The van der Waals surface area contributed by atoms with Crippen molar-refractivity contribution >= 4 is 27.1 Å². The molecule has 2 fully saturated rings. The van der Waals surface area contributed by atoms with Gasteiger partial charge in [-0.15, -0.1) is 11.3 Å². The second kappa shape index (κ2) is 5.13. The fourth-order valence-electron chi connectivity index (χ4n) is 3.79. The Morgan fingerprint density at radius 3 is 2.82 bits per heavy atom. The number of fused-ring (bicyclic) bond motifs is 2. The molecular weight excluding hydrogens is 309 g/mol. The van der Waals surface area contributed by atoms with Crippen LogP contribution in [-0.4, -0.2) is 25.7 Å². The molecule has 2 unspecified atom stereocenters. The summed E-state index contributed by atoms with van der Waals surface area (Å²) in [6.07, 6.45) is -1.89. The molecule has 2 atom stereocenters. The normalized spacial score (nSPS) is 25.7. The van der Waals surface area contributed by atoms with Crippen LogP contribution in [-0.2, 0) is 6.18 Å². The van der Waals surface area contributed by atoms with E-state index in [2.05, 4.69) is 10.2 Å². The molecule has 0 bridgehead atoms. The summed E-state index contributed by atoms with van der Waals surface area (Å²) in [7, 11) is 0. The van der Waals surface area contributed by atoms with Crippen LogP contribution >= 0.6 is 11.3 Å². The van der Waals surface area contributed by atoms with E-state index in [0.29, 0.717) is 16.7 Å². The highest BCUT2D eigenvalue weighted by Gasteiger charge is 2.37. The number of halogens is 3. The summed E-state index contributed by atoms with van der Waals surface area (Å²) in [5.74, 6) is 0.615. The van der Waals surface area contributed by atoms with Crippen molar-refractivity contribution < 1.29 is 13.2 Å². The van der Waals surface area contributed by atoms with Gasteiger partial charge in [0.15, 0.2) is 0 Å². The number of thiophene rings is 1. The topological polar surface area (TPSA) is 15.3 Å². The van der Waals surface area contributed by atoms with Crippen LogP contribution in [0.1, 0.15) is 18.4 Å². The van der Waals surface area contributed by atoms with Crippen molar-refractivity contribution in [3.05, 3.63) is 29.1 Å². The predicted molar refractivity (Wildman–Crippen MR) is 83.6 cm³/mol. The van der Waals surface area contributed by atoms with Gasteiger partial charge in [-0.1, -0.05) is 0 Å². The van der Waals surface area contributed by atoms with Gasteiger partial charge in [0.25, 0.3) is 0 Å². The maximum Gasteiger partial charge on any atom is 0.417 e. The molecule has 2 aliphatic heterocycles. The lowest BCUT2D eigenvalue weighted by molar-refractivity contribution is -0.136. The Kier molecular flexibility index (Phi) is 3.34.